The van der Waals surface area contributed by atoms with Crippen molar-refractivity contribution in [1.29, 1.82) is 0 Å². The molecule has 6 N–H and O–H groups in total. The Morgan fingerprint density at radius 3 is 1.19 bits per heavy atom. The Kier molecular flexibility index (Phi) is 12.1. The second-order valence-corrected chi connectivity index (χ2v) is 15.0. The third-order valence-corrected chi connectivity index (χ3v) is 10.5. The summed E-state index contributed by atoms with van der Waals surface area (Å²) in [5.41, 5.74) is 18.3. The van der Waals surface area contributed by atoms with E-state index < -0.39 is 20.2 Å². The molecule has 0 saturated heterocycles. The monoisotopic (exact) mass is 759 g/mol. The molecule has 53 heavy (non-hydrogen) atoms. The van der Waals surface area contributed by atoms with Crippen molar-refractivity contribution < 1.29 is 55.5 Å². The van der Waals surface area contributed by atoms with Crippen molar-refractivity contribution in [3.05, 3.63) is 108 Å². The van der Waals surface area contributed by atoms with Crippen LogP contribution in [0.2, 0.25) is 0 Å². The number of nitrogens with two attached hydrogens (primary N) is 2. The number of aryl methyl sites for hydroxylation is 2. The molecular formula is C38H36N6NaO6S2+. The summed E-state index contributed by atoms with van der Waals surface area (Å²) in [4.78, 5) is -0.602. The zero-order valence-electron chi connectivity index (χ0n) is 29.4. The first kappa shape index (κ1) is 39.7. The van der Waals surface area contributed by atoms with Crippen molar-refractivity contribution in [3.8, 4) is 11.1 Å². The third kappa shape index (κ3) is 8.49. The predicted octanol–water partition coefficient (Wildman–Crippen LogP) is 7.06. The van der Waals surface area contributed by atoms with Crippen molar-refractivity contribution in [2.45, 2.75) is 49.3 Å². The van der Waals surface area contributed by atoms with Gasteiger partial charge in [0, 0.05) is 21.5 Å². The summed E-state index contributed by atoms with van der Waals surface area (Å²) in [6, 6.07) is 27.2. The average molecular weight is 760 g/mol. The molecule has 0 bridgehead atoms. The molecule has 6 aromatic rings. The second kappa shape index (κ2) is 16.2. The van der Waals surface area contributed by atoms with Gasteiger partial charge in [-0.1, -0.05) is 87.4 Å². The van der Waals surface area contributed by atoms with E-state index in [1.807, 2.05) is 50.2 Å². The van der Waals surface area contributed by atoms with Crippen LogP contribution in [0.25, 0.3) is 32.7 Å². The predicted molar refractivity (Wildman–Crippen MR) is 205 cm³/mol. The van der Waals surface area contributed by atoms with Crippen molar-refractivity contribution >= 4 is 75.9 Å². The van der Waals surface area contributed by atoms with E-state index in [-0.39, 0.29) is 72.9 Å². The van der Waals surface area contributed by atoms with Crippen LogP contribution < -0.4 is 41.0 Å². The molecule has 266 valence electrons. The molecule has 0 spiro atoms. The maximum atomic E-state index is 12.2. The molecule has 15 heteroatoms. The Morgan fingerprint density at radius 2 is 0.849 bits per heavy atom. The van der Waals surface area contributed by atoms with Crippen LogP contribution in [0.15, 0.2) is 127 Å². The van der Waals surface area contributed by atoms with Crippen LogP contribution in [-0.2, 0) is 33.1 Å². The van der Waals surface area contributed by atoms with Gasteiger partial charge in [-0.15, -0.1) is 10.2 Å². The fourth-order valence-corrected chi connectivity index (χ4v) is 7.61. The number of fused-ring (bicyclic) bond motifs is 2. The molecule has 0 aliphatic heterocycles. The first-order chi connectivity index (χ1) is 24.8. The molecule has 0 unspecified atom stereocenters. The third-order valence-electron chi connectivity index (χ3n) is 8.67. The molecule has 0 amide bonds. The van der Waals surface area contributed by atoms with Gasteiger partial charge in [0.2, 0.25) is 0 Å². The SMILES string of the molecule is CCCc1cc(-c2ccc(N=Nc3cc(S(=O)(=O)O)c4ccccc4c3N)c(CCC)c2)ccc1N=Nc1cc(S(=O)(=O)O)c2ccccc2c1N.[Na+]. The van der Waals surface area contributed by atoms with Gasteiger partial charge in [-0.25, -0.2) is 0 Å². The van der Waals surface area contributed by atoms with E-state index in [4.69, 9.17) is 11.5 Å². The normalized spacial score (nSPS) is 12.2. The van der Waals surface area contributed by atoms with Crippen molar-refractivity contribution in [2.75, 3.05) is 11.5 Å². The van der Waals surface area contributed by atoms with Crippen molar-refractivity contribution in [2.24, 2.45) is 20.5 Å². The molecular weight excluding hydrogens is 724 g/mol. The summed E-state index contributed by atoms with van der Waals surface area (Å²) in [7, 11) is -9.11. The summed E-state index contributed by atoms with van der Waals surface area (Å²) in [5.74, 6) is 0. The number of rotatable bonds is 11. The van der Waals surface area contributed by atoms with Crippen molar-refractivity contribution in [1.82, 2.24) is 0 Å². The summed E-state index contributed by atoms with van der Waals surface area (Å²) in [6.45, 7) is 4.10. The minimum atomic E-state index is -4.56. The molecule has 6 rings (SSSR count). The van der Waals surface area contributed by atoms with E-state index in [1.54, 1.807) is 48.5 Å². The largest absolute Gasteiger partial charge is 1.00 e. The van der Waals surface area contributed by atoms with Crippen LogP contribution >= 0.6 is 0 Å². The summed E-state index contributed by atoms with van der Waals surface area (Å²) in [5, 5.41) is 19.0. The van der Waals surface area contributed by atoms with Crippen LogP contribution in [0.3, 0.4) is 0 Å². The number of anilines is 2. The number of hydrogen-bond donors (Lipinski definition) is 4. The minimum absolute atomic E-state index is 0. The Labute approximate surface area is 329 Å². The fraction of sp³-hybridized carbons (Fsp3) is 0.158. The number of nitrogens with zero attached hydrogens (tertiary/aromatic N) is 4. The van der Waals surface area contributed by atoms with Gasteiger partial charge in [0.15, 0.2) is 0 Å². The maximum absolute atomic E-state index is 12.2. The van der Waals surface area contributed by atoms with Crippen LogP contribution in [0.1, 0.15) is 37.8 Å². The zero-order chi connectivity index (χ0) is 37.2. The van der Waals surface area contributed by atoms with Gasteiger partial charge in [-0.2, -0.15) is 27.1 Å². The molecule has 0 saturated carbocycles. The van der Waals surface area contributed by atoms with E-state index in [1.165, 1.54) is 12.1 Å². The molecule has 0 aliphatic rings. The first-order valence-corrected chi connectivity index (χ1v) is 19.3. The second-order valence-electron chi connectivity index (χ2n) is 12.2. The fourth-order valence-electron chi connectivity index (χ4n) is 6.17. The van der Waals surface area contributed by atoms with E-state index in [0.29, 0.717) is 35.0 Å². The zero-order valence-corrected chi connectivity index (χ0v) is 33.0. The van der Waals surface area contributed by atoms with Gasteiger partial charge in [-0.3, -0.25) is 9.11 Å². The Bertz CT molecular complexity index is 2470. The van der Waals surface area contributed by atoms with E-state index in [0.717, 1.165) is 35.1 Å². The summed E-state index contributed by atoms with van der Waals surface area (Å²) in [6.07, 6.45) is 3.04. The van der Waals surface area contributed by atoms with Gasteiger partial charge < -0.3 is 11.5 Å². The van der Waals surface area contributed by atoms with Crippen LogP contribution in [0.4, 0.5) is 34.1 Å². The van der Waals surface area contributed by atoms with Gasteiger partial charge in [0.25, 0.3) is 20.2 Å². The van der Waals surface area contributed by atoms with Crippen molar-refractivity contribution in [3.63, 3.8) is 0 Å². The van der Waals surface area contributed by atoms with E-state index in [9.17, 15) is 25.9 Å². The number of hydrogen-bond acceptors (Lipinski definition) is 10. The van der Waals surface area contributed by atoms with Gasteiger partial charge in [-0.05, 0) is 71.5 Å². The van der Waals surface area contributed by atoms with Crippen LogP contribution in [0, 0.1) is 0 Å². The minimum Gasteiger partial charge on any atom is -0.396 e. The summed E-state index contributed by atoms with van der Waals surface area (Å²) < 4.78 is 68.5. The maximum Gasteiger partial charge on any atom is 1.00 e. The molecule has 0 fully saturated rings. The molecule has 0 heterocycles. The first-order valence-electron chi connectivity index (χ1n) is 16.5. The average Bonchev–Trinajstić information content (AvgIpc) is 3.11. The van der Waals surface area contributed by atoms with Crippen LogP contribution in [-0.4, -0.2) is 25.9 Å². The van der Waals surface area contributed by atoms with Gasteiger partial charge >= 0.3 is 29.6 Å². The smallest absolute Gasteiger partial charge is 0.396 e. The topological polar surface area (TPSA) is 210 Å². The van der Waals surface area contributed by atoms with Crippen LogP contribution in [0.5, 0.6) is 0 Å². The Morgan fingerprint density at radius 1 is 0.509 bits per heavy atom. The quantitative estimate of drug-likeness (QED) is 0.0464. The molecule has 0 aromatic heterocycles. The Hall–Kier alpha value is -4.54. The summed E-state index contributed by atoms with van der Waals surface area (Å²) >= 11 is 0. The van der Waals surface area contributed by atoms with E-state index >= 15 is 0 Å². The van der Waals surface area contributed by atoms with Gasteiger partial charge in [0.05, 0.1) is 22.7 Å². The standard InChI is InChI=1S/C38H36N6O6S2.Na/c1-3-9-25-19-23(15-17-31(25)41-43-33-21-35(51(45,46)47)27-11-5-7-13-29(27)37(33)39)24-16-18-32(26(20-24)10-4-2)42-44-34-22-36(52(48,49)50)28-12-6-8-14-30(28)38(34)40;/h5-8,11-22H,3-4,9-10,39-40H2,1-2H3,(H,45,46,47)(H,48,49,50);/q;+1. The molecule has 0 atom stereocenters. The van der Waals surface area contributed by atoms with E-state index in [2.05, 4.69) is 20.5 Å². The Balaban J connectivity index is 0.00000541. The van der Waals surface area contributed by atoms with Gasteiger partial charge in [0.1, 0.15) is 21.2 Å². The number of benzene rings is 6. The number of azo groups is 2. The molecule has 0 radical (unpaired) electrons. The number of nitrogen functional groups attached to an aromatic ring is 2. The molecule has 12 nitrogen and oxygen atoms in total. The molecule has 0 aliphatic carbocycles. The molecule has 6 aromatic carbocycles.